The summed E-state index contributed by atoms with van der Waals surface area (Å²) >= 11 is 0. The summed E-state index contributed by atoms with van der Waals surface area (Å²) in [4.78, 5) is 69.9. The number of fused-ring (bicyclic) bond motifs is 2. The third kappa shape index (κ3) is 8.18. The maximum Gasteiger partial charge on any atom is 0.407 e. The van der Waals surface area contributed by atoms with Gasteiger partial charge in [0.05, 0.1) is 25.0 Å². The molecule has 13 nitrogen and oxygen atoms in total. The van der Waals surface area contributed by atoms with Crippen molar-refractivity contribution in [3.8, 4) is 22.8 Å². The Hall–Kier alpha value is -5.98. The van der Waals surface area contributed by atoms with E-state index in [1.165, 1.54) is 18.3 Å². The number of carbonyl (C=O) groups excluding carboxylic acids is 4. The van der Waals surface area contributed by atoms with E-state index in [1.54, 1.807) is 6.92 Å². The van der Waals surface area contributed by atoms with E-state index < -0.39 is 23.6 Å². The second kappa shape index (κ2) is 16.9. The highest BCUT2D eigenvalue weighted by Crippen LogP contribution is 2.50. The molecule has 3 aromatic rings. The van der Waals surface area contributed by atoms with E-state index >= 15 is 0 Å². The Morgan fingerprint density at radius 1 is 0.828 bits per heavy atom. The molecule has 336 valence electrons. The lowest BCUT2D eigenvalue weighted by Crippen LogP contribution is -2.54. The van der Waals surface area contributed by atoms with Crippen molar-refractivity contribution < 1.29 is 28.7 Å². The maximum absolute atomic E-state index is 14.1. The predicted octanol–water partition coefficient (Wildman–Crippen LogP) is 8.39. The van der Waals surface area contributed by atoms with Crippen LogP contribution in [0.3, 0.4) is 0 Å². The molecule has 13 heteroatoms. The van der Waals surface area contributed by atoms with Gasteiger partial charge in [-0.05, 0) is 95.9 Å². The molecule has 2 aliphatic carbocycles. The van der Waals surface area contributed by atoms with Crippen molar-refractivity contribution in [2.45, 2.75) is 117 Å². The number of rotatable bonds is 13. The van der Waals surface area contributed by atoms with E-state index in [9.17, 15) is 19.2 Å². The number of nitrogens with one attached hydrogen (secondary N) is 3. The van der Waals surface area contributed by atoms with E-state index in [1.807, 2.05) is 62.0 Å². The number of aromatic amines is 1. The molecule has 4 amide bonds. The van der Waals surface area contributed by atoms with Crippen molar-refractivity contribution in [1.82, 2.24) is 30.4 Å². The Bertz CT molecular complexity index is 2520. The fourth-order valence-corrected chi connectivity index (χ4v) is 9.80. The number of allylic oxidation sites excluding steroid dienone is 1. The zero-order valence-electron chi connectivity index (χ0n) is 38.3. The minimum absolute atomic E-state index is 0.0464. The molecule has 0 spiro atoms. The number of carbonyl (C=O) groups is 4. The lowest BCUT2D eigenvalue weighted by atomic mass is 9.75. The molecule has 5 heterocycles. The first-order valence-electron chi connectivity index (χ1n) is 23.1. The van der Waals surface area contributed by atoms with Gasteiger partial charge in [-0.2, -0.15) is 0 Å². The lowest BCUT2D eigenvalue weighted by Gasteiger charge is -2.35. The number of amides is 4. The first-order chi connectivity index (χ1) is 30.6. The van der Waals surface area contributed by atoms with Crippen LogP contribution in [0, 0.1) is 23.7 Å². The number of aromatic nitrogens is 2. The quantitative estimate of drug-likeness (QED) is 0.146. The van der Waals surface area contributed by atoms with Crippen LogP contribution in [0.5, 0.6) is 11.5 Å². The van der Waals surface area contributed by atoms with Crippen LogP contribution in [0.15, 0.2) is 77.1 Å². The molecule has 6 aliphatic rings. The standard InChI is InChI=1S/C51H61N7O6/c1-9-44(59)55-45(27(2)3)48(60)57-25-34(29-10-11-29)20-40(57)38-19-33(23-52-38)31-14-16-36-43(22-31)64-42-17-15-32(18-37(42)51(36,6)7)39-24-53-47(54-39)41-21-35(30-12-13-30)26-58(41)49(61)46(28(4)5)56-50(62)63-8/h14-18,20-24,27-30,40-41,45-46H,9-13,19,25-26H2,1-8H3,(H,53,54)(H,55,59)(H,56,62)/t40-,41-,45-,46-/m0/s1. The van der Waals surface area contributed by atoms with E-state index in [0.29, 0.717) is 43.6 Å². The molecule has 2 fully saturated rings. The predicted molar refractivity (Wildman–Crippen MR) is 245 cm³/mol. The second-order valence-electron chi connectivity index (χ2n) is 19.6. The van der Waals surface area contributed by atoms with E-state index in [4.69, 9.17) is 19.5 Å². The largest absolute Gasteiger partial charge is 0.457 e. The summed E-state index contributed by atoms with van der Waals surface area (Å²) in [6, 6.07) is 10.7. The highest BCUT2D eigenvalue weighted by atomic mass is 16.5. The van der Waals surface area contributed by atoms with Gasteiger partial charge < -0.3 is 34.9 Å². The van der Waals surface area contributed by atoms with Gasteiger partial charge in [0, 0.05) is 59.9 Å². The number of alkyl carbamates (subject to hydrolysis) is 1. The summed E-state index contributed by atoms with van der Waals surface area (Å²) < 4.78 is 11.5. The first kappa shape index (κ1) is 43.3. The summed E-state index contributed by atoms with van der Waals surface area (Å²) in [6.07, 6.45) is 13.0. The normalized spacial score (nSPS) is 21.9. The number of imidazole rings is 1. The fraction of sp³-hybridized carbons (Fsp3) is 0.490. The number of hydrogen-bond acceptors (Lipinski definition) is 8. The molecule has 9 rings (SSSR count). The number of nitrogens with zero attached hydrogens (tertiary/aromatic N) is 4. The highest BCUT2D eigenvalue weighted by molar-refractivity contribution is 6.05. The van der Waals surface area contributed by atoms with Gasteiger partial charge in [0.15, 0.2) is 0 Å². The zero-order valence-corrected chi connectivity index (χ0v) is 38.3. The van der Waals surface area contributed by atoms with Crippen LogP contribution in [0.1, 0.15) is 116 Å². The van der Waals surface area contributed by atoms with Gasteiger partial charge in [-0.1, -0.05) is 72.8 Å². The molecule has 2 saturated carbocycles. The van der Waals surface area contributed by atoms with Crippen LogP contribution in [-0.4, -0.2) is 87.6 Å². The first-order valence-corrected chi connectivity index (χ1v) is 23.1. The van der Waals surface area contributed by atoms with Crippen molar-refractivity contribution in [3.63, 3.8) is 0 Å². The summed E-state index contributed by atoms with van der Waals surface area (Å²) in [5, 5.41) is 5.74. The van der Waals surface area contributed by atoms with Crippen LogP contribution in [0.2, 0.25) is 0 Å². The molecule has 1 aromatic heterocycles. The SMILES string of the molecule is CCC(=O)N[C@H](C(=O)N1CC(C2CC2)=C[C@H]1C1=NC=C(c2ccc3c(c2)Oc2ccc(-c4cnc([C@@H]5C=C(C6CC6)CN5C(=O)[C@@H](NC(=O)OC)C(C)C)[nH]4)cc2C3(C)C)C1)C(C)C. The number of benzene rings is 2. The minimum Gasteiger partial charge on any atom is -0.457 e. The minimum atomic E-state index is -0.734. The Labute approximate surface area is 375 Å². The summed E-state index contributed by atoms with van der Waals surface area (Å²) in [7, 11) is 1.30. The van der Waals surface area contributed by atoms with Gasteiger partial charge in [0.25, 0.3) is 0 Å². The third-order valence-electron chi connectivity index (χ3n) is 14.0. The van der Waals surface area contributed by atoms with Gasteiger partial charge in [-0.3, -0.25) is 19.4 Å². The fourth-order valence-electron chi connectivity index (χ4n) is 9.80. The number of methoxy groups -OCH3 is 1. The van der Waals surface area contributed by atoms with Gasteiger partial charge in [-0.25, -0.2) is 9.78 Å². The Morgan fingerprint density at radius 2 is 1.45 bits per heavy atom. The van der Waals surface area contributed by atoms with E-state index in [-0.39, 0.29) is 41.6 Å². The molecule has 2 aromatic carbocycles. The summed E-state index contributed by atoms with van der Waals surface area (Å²) in [6.45, 7) is 15.1. The van der Waals surface area contributed by atoms with Crippen LogP contribution in [0.25, 0.3) is 16.8 Å². The van der Waals surface area contributed by atoms with E-state index in [2.05, 4.69) is 65.9 Å². The molecule has 0 bridgehead atoms. The molecule has 4 atom stereocenters. The topological polar surface area (TPSA) is 158 Å². The van der Waals surface area contributed by atoms with E-state index in [0.717, 1.165) is 76.4 Å². The summed E-state index contributed by atoms with van der Waals surface area (Å²) in [5.74, 6) is 2.73. The number of H-pyrrole nitrogens is 1. The van der Waals surface area contributed by atoms with Crippen LogP contribution >= 0.6 is 0 Å². The smallest absolute Gasteiger partial charge is 0.407 e. The van der Waals surface area contributed by atoms with Crippen LogP contribution < -0.4 is 15.4 Å². The molecule has 4 aliphatic heterocycles. The molecular formula is C51H61N7O6. The van der Waals surface area contributed by atoms with Gasteiger partial charge in [0.2, 0.25) is 17.7 Å². The highest BCUT2D eigenvalue weighted by Gasteiger charge is 2.43. The summed E-state index contributed by atoms with van der Waals surface area (Å²) in [5.41, 5.74) is 9.08. The number of aliphatic imine (C=N–C) groups is 1. The van der Waals surface area contributed by atoms with Crippen molar-refractivity contribution in [2.75, 3.05) is 20.2 Å². The monoisotopic (exact) mass is 867 g/mol. The molecule has 3 N–H and O–H groups in total. The number of ether oxygens (including phenoxy) is 2. The Kier molecular flexibility index (Phi) is 11.4. The molecule has 0 unspecified atom stereocenters. The van der Waals surface area contributed by atoms with Gasteiger partial charge >= 0.3 is 6.09 Å². The van der Waals surface area contributed by atoms with Crippen LogP contribution in [0.4, 0.5) is 4.79 Å². The van der Waals surface area contributed by atoms with Crippen molar-refractivity contribution in [2.24, 2.45) is 28.7 Å². The zero-order chi connectivity index (χ0) is 45.2. The average Bonchev–Trinajstić information content (AvgIpc) is 4.06. The van der Waals surface area contributed by atoms with Gasteiger partial charge in [0.1, 0.15) is 35.4 Å². The van der Waals surface area contributed by atoms with Crippen molar-refractivity contribution in [1.29, 1.82) is 0 Å². The maximum atomic E-state index is 14.1. The Morgan fingerprint density at radius 3 is 2.08 bits per heavy atom. The lowest BCUT2D eigenvalue weighted by molar-refractivity contribution is -0.137. The Balaban J connectivity index is 0.919. The van der Waals surface area contributed by atoms with Crippen molar-refractivity contribution >= 4 is 35.1 Å². The number of hydrogen-bond donors (Lipinski definition) is 3. The molecule has 0 saturated heterocycles. The molecule has 0 radical (unpaired) electrons. The van der Waals surface area contributed by atoms with Crippen LogP contribution in [-0.2, 0) is 24.5 Å². The third-order valence-corrected chi connectivity index (χ3v) is 14.0. The van der Waals surface area contributed by atoms with Crippen molar-refractivity contribution in [3.05, 3.63) is 94.6 Å². The molecule has 64 heavy (non-hydrogen) atoms. The molecular weight excluding hydrogens is 807 g/mol. The van der Waals surface area contributed by atoms with Gasteiger partial charge in [-0.15, -0.1) is 0 Å². The average molecular weight is 868 g/mol. The second-order valence-corrected chi connectivity index (χ2v) is 19.6.